The van der Waals surface area contributed by atoms with Crippen LogP contribution in [0.3, 0.4) is 0 Å². The summed E-state index contributed by atoms with van der Waals surface area (Å²) >= 11 is 0. The number of aliphatic hydroxyl groups is 1. The molecule has 2 saturated heterocycles. The van der Waals surface area contributed by atoms with Crippen molar-refractivity contribution in [2.24, 2.45) is 11.3 Å². The number of amides is 2. The van der Waals surface area contributed by atoms with E-state index in [0.29, 0.717) is 32.8 Å². The predicted molar refractivity (Wildman–Crippen MR) is 95.0 cm³/mol. The summed E-state index contributed by atoms with van der Waals surface area (Å²) in [6.45, 7) is 2.73. The van der Waals surface area contributed by atoms with Crippen LogP contribution in [0.4, 0.5) is 0 Å². The van der Waals surface area contributed by atoms with E-state index in [1.165, 1.54) is 0 Å². The lowest BCUT2D eigenvalue weighted by atomic mass is 9.80. The third kappa shape index (κ3) is 4.22. The molecule has 2 amide bonds. The van der Waals surface area contributed by atoms with Gasteiger partial charge in [-0.1, -0.05) is 0 Å². The quantitative estimate of drug-likeness (QED) is 0.806. The summed E-state index contributed by atoms with van der Waals surface area (Å²) in [5.74, 6) is -0.323. The van der Waals surface area contributed by atoms with Crippen molar-refractivity contribution in [3.8, 4) is 0 Å². The molecule has 2 aliphatic heterocycles. The molecule has 26 heavy (non-hydrogen) atoms. The number of likely N-dealkylation sites (tertiary alicyclic amines) is 1. The Morgan fingerprint density at radius 1 is 1.38 bits per heavy atom. The summed E-state index contributed by atoms with van der Waals surface area (Å²) in [6.07, 6.45) is 5.16. The van der Waals surface area contributed by atoms with Crippen LogP contribution in [-0.2, 0) is 20.9 Å². The molecule has 7 nitrogen and oxygen atoms in total. The molecule has 0 spiro atoms. The molecule has 1 N–H and O–H groups in total. The SMILES string of the molecule is CN(CC1(CO)CCOCC1)C(=O)C1CC(=O)N(Cc2ccncc2)C1. The summed E-state index contributed by atoms with van der Waals surface area (Å²) in [5, 5.41) is 9.82. The van der Waals surface area contributed by atoms with Gasteiger partial charge in [0.2, 0.25) is 11.8 Å². The first kappa shape index (κ1) is 18.8. The minimum Gasteiger partial charge on any atom is -0.396 e. The second kappa shape index (κ2) is 8.14. The molecule has 1 aromatic heterocycles. The van der Waals surface area contributed by atoms with Crippen molar-refractivity contribution in [1.82, 2.24) is 14.8 Å². The Kier molecular flexibility index (Phi) is 5.88. The van der Waals surface area contributed by atoms with Gasteiger partial charge in [-0.2, -0.15) is 0 Å². The number of rotatable bonds is 6. The Bertz CT molecular complexity index is 631. The molecule has 2 fully saturated rings. The Morgan fingerprint density at radius 3 is 2.73 bits per heavy atom. The fourth-order valence-corrected chi connectivity index (χ4v) is 3.86. The number of hydrogen-bond donors (Lipinski definition) is 1. The third-order valence-corrected chi connectivity index (χ3v) is 5.52. The number of ether oxygens (including phenoxy) is 1. The van der Waals surface area contributed by atoms with Crippen LogP contribution in [0.15, 0.2) is 24.5 Å². The molecule has 1 atom stereocenters. The van der Waals surface area contributed by atoms with Gasteiger partial charge in [0.25, 0.3) is 0 Å². The van der Waals surface area contributed by atoms with Gasteiger partial charge in [-0.05, 0) is 30.5 Å². The van der Waals surface area contributed by atoms with Crippen molar-refractivity contribution in [1.29, 1.82) is 0 Å². The fourth-order valence-electron chi connectivity index (χ4n) is 3.86. The van der Waals surface area contributed by atoms with E-state index < -0.39 is 0 Å². The van der Waals surface area contributed by atoms with E-state index in [1.54, 1.807) is 29.2 Å². The minimum atomic E-state index is -0.315. The first-order valence-electron chi connectivity index (χ1n) is 9.13. The second-order valence-electron chi connectivity index (χ2n) is 7.50. The molecule has 0 saturated carbocycles. The number of carbonyl (C=O) groups excluding carboxylic acids is 2. The smallest absolute Gasteiger partial charge is 0.227 e. The van der Waals surface area contributed by atoms with E-state index in [2.05, 4.69) is 4.98 Å². The predicted octanol–water partition coefficient (Wildman–Crippen LogP) is 0.678. The molecular weight excluding hydrogens is 334 g/mol. The van der Waals surface area contributed by atoms with E-state index in [-0.39, 0.29) is 36.2 Å². The van der Waals surface area contributed by atoms with Gasteiger partial charge in [-0.3, -0.25) is 14.6 Å². The average molecular weight is 361 g/mol. The van der Waals surface area contributed by atoms with E-state index in [9.17, 15) is 14.7 Å². The molecule has 0 aromatic carbocycles. The van der Waals surface area contributed by atoms with Gasteiger partial charge < -0.3 is 19.6 Å². The van der Waals surface area contributed by atoms with Crippen LogP contribution in [0, 0.1) is 11.3 Å². The van der Waals surface area contributed by atoms with E-state index in [1.807, 2.05) is 12.1 Å². The molecule has 7 heteroatoms. The van der Waals surface area contributed by atoms with Gasteiger partial charge >= 0.3 is 0 Å². The first-order chi connectivity index (χ1) is 12.5. The largest absolute Gasteiger partial charge is 0.396 e. The summed E-state index contributed by atoms with van der Waals surface area (Å²) in [6, 6.07) is 3.76. The lowest BCUT2D eigenvalue weighted by Gasteiger charge is -2.39. The normalized spacial score (nSPS) is 22.5. The molecule has 0 radical (unpaired) electrons. The number of carbonyl (C=O) groups is 2. The van der Waals surface area contributed by atoms with Crippen LogP contribution in [0.5, 0.6) is 0 Å². The second-order valence-corrected chi connectivity index (χ2v) is 7.50. The van der Waals surface area contributed by atoms with Crippen molar-refractivity contribution < 1.29 is 19.4 Å². The van der Waals surface area contributed by atoms with Gasteiger partial charge in [0.05, 0.1) is 12.5 Å². The molecule has 2 aliphatic rings. The summed E-state index contributed by atoms with van der Waals surface area (Å²) in [4.78, 5) is 32.6. The highest BCUT2D eigenvalue weighted by molar-refractivity contribution is 5.89. The monoisotopic (exact) mass is 361 g/mol. The number of hydrogen-bond acceptors (Lipinski definition) is 5. The van der Waals surface area contributed by atoms with Gasteiger partial charge in [0.15, 0.2) is 0 Å². The van der Waals surface area contributed by atoms with Crippen LogP contribution in [0.2, 0.25) is 0 Å². The third-order valence-electron chi connectivity index (χ3n) is 5.52. The zero-order valence-corrected chi connectivity index (χ0v) is 15.3. The maximum Gasteiger partial charge on any atom is 0.227 e. The lowest BCUT2D eigenvalue weighted by molar-refractivity contribution is -0.137. The van der Waals surface area contributed by atoms with Crippen molar-refractivity contribution >= 4 is 11.8 Å². The number of pyridine rings is 1. The Hall–Kier alpha value is -1.99. The summed E-state index contributed by atoms with van der Waals surface area (Å²) in [5.41, 5.74) is 0.721. The first-order valence-corrected chi connectivity index (χ1v) is 9.13. The Morgan fingerprint density at radius 2 is 2.08 bits per heavy atom. The molecule has 1 aromatic rings. The molecule has 1 unspecified atom stereocenters. The standard InChI is InChI=1S/C19H27N3O4/c1-21(13-19(14-23)4-8-26-9-5-19)18(25)16-10-17(24)22(12-16)11-15-2-6-20-7-3-15/h2-3,6-7,16,23H,4-5,8-14H2,1H3. The van der Waals surface area contributed by atoms with Gasteiger partial charge in [0.1, 0.15) is 0 Å². The zero-order chi connectivity index (χ0) is 18.6. The lowest BCUT2D eigenvalue weighted by Crippen LogP contribution is -2.46. The Labute approximate surface area is 153 Å². The topological polar surface area (TPSA) is 83.0 Å². The van der Waals surface area contributed by atoms with Crippen molar-refractivity contribution in [2.45, 2.75) is 25.8 Å². The van der Waals surface area contributed by atoms with Crippen molar-refractivity contribution in [3.05, 3.63) is 30.1 Å². The molecule has 0 bridgehead atoms. The highest BCUT2D eigenvalue weighted by Crippen LogP contribution is 2.31. The Balaban J connectivity index is 1.58. The number of nitrogens with zero attached hydrogens (tertiary/aromatic N) is 3. The molecule has 0 aliphatic carbocycles. The van der Waals surface area contributed by atoms with Gasteiger partial charge in [-0.25, -0.2) is 0 Å². The highest BCUT2D eigenvalue weighted by atomic mass is 16.5. The maximum absolute atomic E-state index is 12.8. The number of aliphatic hydroxyl groups excluding tert-OH is 1. The van der Waals surface area contributed by atoms with E-state index >= 15 is 0 Å². The summed E-state index contributed by atoms with van der Waals surface area (Å²) in [7, 11) is 1.77. The van der Waals surface area contributed by atoms with Crippen molar-refractivity contribution in [2.75, 3.05) is 40.0 Å². The minimum absolute atomic E-state index is 0.0106. The van der Waals surface area contributed by atoms with Gasteiger partial charge in [-0.15, -0.1) is 0 Å². The molecular formula is C19H27N3O4. The highest BCUT2D eigenvalue weighted by Gasteiger charge is 2.39. The van der Waals surface area contributed by atoms with Crippen LogP contribution in [0.1, 0.15) is 24.8 Å². The van der Waals surface area contributed by atoms with Crippen LogP contribution in [0.25, 0.3) is 0 Å². The molecule has 3 heterocycles. The molecule has 3 rings (SSSR count). The van der Waals surface area contributed by atoms with Crippen LogP contribution < -0.4 is 0 Å². The summed E-state index contributed by atoms with van der Waals surface area (Å²) < 4.78 is 5.38. The van der Waals surface area contributed by atoms with E-state index in [0.717, 1.165) is 18.4 Å². The van der Waals surface area contributed by atoms with E-state index in [4.69, 9.17) is 4.74 Å². The van der Waals surface area contributed by atoms with Gasteiger partial charge in [0, 0.05) is 64.1 Å². The number of aromatic nitrogens is 1. The zero-order valence-electron chi connectivity index (χ0n) is 15.3. The fraction of sp³-hybridized carbons (Fsp3) is 0.632. The van der Waals surface area contributed by atoms with Crippen molar-refractivity contribution in [3.63, 3.8) is 0 Å². The van der Waals surface area contributed by atoms with Crippen LogP contribution in [-0.4, -0.2) is 71.7 Å². The van der Waals surface area contributed by atoms with Crippen LogP contribution >= 0.6 is 0 Å². The molecule has 142 valence electrons. The maximum atomic E-state index is 12.8. The average Bonchev–Trinajstić information content (AvgIpc) is 3.03.